The summed E-state index contributed by atoms with van der Waals surface area (Å²) in [5.41, 5.74) is -0.279. The SMILES string of the molecule is CCCNc1ncc([N+](=O)[O-])c(OCc2ccco2)n1. The molecule has 0 aliphatic heterocycles. The Morgan fingerprint density at radius 2 is 2.40 bits per heavy atom. The van der Waals surface area contributed by atoms with Crippen LogP contribution in [0, 0.1) is 10.1 Å². The molecule has 8 heteroatoms. The Bertz CT molecular complexity index is 571. The van der Waals surface area contributed by atoms with Gasteiger partial charge in [-0.3, -0.25) is 10.1 Å². The fourth-order valence-corrected chi connectivity index (χ4v) is 1.45. The van der Waals surface area contributed by atoms with E-state index < -0.39 is 4.92 Å². The Morgan fingerprint density at radius 1 is 1.55 bits per heavy atom. The van der Waals surface area contributed by atoms with E-state index in [2.05, 4.69) is 15.3 Å². The minimum Gasteiger partial charge on any atom is -0.466 e. The smallest absolute Gasteiger partial charge is 0.349 e. The Balaban J connectivity index is 2.15. The van der Waals surface area contributed by atoms with Crippen LogP contribution in [0.4, 0.5) is 11.6 Å². The summed E-state index contributed by atoms with van der Waals surface area (Å²) >= 11 is 0. The molecule has 2 aromatic rings. The number of nitrogens with one attached hydrogen (secondary N) is 1. The van der Waals surface area contributed by atoms with Gasteiger partial charge in [-0.05, 0) is 18.6 Å². The third-order valence-corrected chi connectivity index (χ3v) is 2.40. The molecule has 8 nitrogen and oxygen atoms in total. The molecule has 106 valence electrons. The maximum Gasteiger partial charge on any atom is 0.349 e. The number of hydrogen-bond donors (Lipinski definition) is 1. The lowest BCUT2D eigenvalue weighted by molar-refractivity contribution is -0.386. The molecule has 0 atom stereocenters. The van der Waals surface area contributed by atoms with Crippen molar-refractivity contribution in [2.45, 2.75) is 20.0 Å². The van der Waals surface area contributed by atoms with Crippen molar-refractivity contribution in [2.75, 3.05) is 11.9 Å². The molecule has 2 rings (SSSR count). The van der Waals surface area contributed by atoms with E-state index >= 15 is 0 Å². The summed E-state index contributed by atoms with van der Waals surface area (Å²) in [5, 5.41) is 13.9. The maximum absolute atomic E-state index is 10.9. The van der Waals surface area contributed by atoms with Gasteiger partial charge in [0, 0.05) is 6.54 Å². The number of ether oxygens (including phenoxy) is 1. The second-order valence-corrected chi connectivity index (χ2v) is 3.94. The van der Waals surface area contributed by atoms with Crippen LogP contribution in [0.2, 0.25) is 0 Å². The third kappa shape index (κ3) is 3.44. The quantitative estimate of drug-likeness (QED) is 0.612. The largest absolute Gasteiger partial charge is 0.466 e. The molecule has 2 heterocycles. The van der Waals surface area contributed by atoms with E-state index in [0.29, 0.717) is 18.3 Å². The zero-order valence-electron chi connectivity index (χ0n) is 10.9. The average Bonchev–Trinajstić information content (AvgIpc) is 2.96. The zero-order chi connectivity index (χ0) is 14.4. The lowest BCUT2D eigenvalue weighted by Gasteiger charge is -2.07. The summed E-state index contributed by atoms with van der Waals surface area (Å²) in [6.07, 6.45) is 3.52. The van der Waals surface area contributed by atoms with Gasteiger partial charge in [-0.2, -0.15) is 4.98 Å². The molecule has 0 spiro atoms. The lowest BCUT2D eigenvalue weighted by Crippen LogP contribution is -2.07. The van der Waals surface area contributed by atoms with Gasteiger partial charge in [-0.1, -0.05) is 6.92 Å². The topological polar surface area (TPSA) is 103 Å². The molecule has 0 amide bonds. The molecule has 0 aromatic carbocycles. The molecule has 0 saturated heterocycles. The van der Waals surface area contributed by atoms with Gasteiger partial charge < -0.3 is 14.5 Å². The third-order valence-electron chi connectivity index (χ3n) is 2.40. The molecular weight excluding hydrogens is 264 g/mol. The number of aromatic nitrogens is 2. The molecule has 0 unspecified atom stereocenters. The normalized spacial score (nSPS) is 10.2. The number of hydrogen-bond acceptors (Lipinski definition) is 7. The number of nitro groups is 1. The molecule has 1 N–H and O–H groups in total. The van der Waals surface area contributed by atoms with Crippen molar-refractivity contribution in [2.24, 2.45) is 0 Å². The van der Waals surface area contributed by atoms with E-state index in [9.17, 15) is 10.1 Å². The van der Waals surface area contributed by atoms with Crippen molar-refractivity contribution in [1.82, 2.24) is 9.97 Å². The van der Waals surface area contributed by atoms with Crippen LogP contribution in [0.1, 0.15) is 19.1 Å². The summed E-state index contributed by atoms with van der Waals surface area (Å²) in [6.45, 7) is 2.74. The van der Waals surface area contributed by atoms with Gasteiger partial charge in [0.05, 0.1) is 11.2 Å². The highest BCUT2D eigenvalue weighted by atomic mass is 16.6. The highest BCUT2D eigenvalue weighted by Gasteiger charge is 2.19. The second-order valence-electron chi connectivity index (χ2n) is 3.94. The van der Waals surface area contributed by atoms with Crippen molar-refractivity contribution >= 4 is 11.6 Å². The molecule has 0 aliphatic rings. The second kappa shape index (κ2) is 6.50. The molecule has 0 radical (unpaired) electrons. The molecule has 0 saturated carbocycles. The van der Waals surface area contributed by atoms with Crippen molar-refractivity contribution in [3.05, 3.63) is 40.5 Å². The summed E-state index contributed by atoms with van der Waals surface area (Å²) in [6, 6.07) is 3.42. The molecule has 20 heavy (non-hydrogen) atoms. The Morgan fingerprint density at radius 3 is 3.05 bits per heavy atom. The van der Waals surface area contributed by atoms with Crippen molar-refractivity contribution in [3.8, 4) is 5.88 Å². The minimum atomic E-state index is -0.582. The highest BCUT2D eigenvalue weighted by Crippen LogP contribution is 2.25. The first-order valence-electron chi connectivity index (χ1n) is 6.11. The maximum atomic E-state index is 10.9. The van der Waals surface area contributed by atoms with E-state index in [0.717, 1.165) is 12.6 Å². The van der Waals surface area contributed by atoms with Crippen molar-refractivity contribution in [3.63, 3.8) is 0 Å². The zero-order valence-corrected chi connectivity index (χ0v) is 10.9. The number of anilines is 1. The van der Waals surface area contributed by atoms with Gasteiger partial charge in [-0.25, -0.2) is 4.98 Å². The molecule has 0 bridgehead atoms. The minimum absolute atomic E-state index is 0.0675. The standard InChI is InChI=1S/C12H14N4O4/c1-2-5-13-12-14-7-10(16(17)18)11(15-12)20-8-9-4-3-6-19-9/h3-4,6-7H,2,5,8H2,1H3,(H,13,14,15). The van der Waals surface area contributed by atoms with Crippen LogP contribution in [-0.2, 0) is 6.61 Å². The van der Waals surface area contributed by atoms with Gasteiger partial charge in [-0.15, -0.1) is 0 Å². The fraction of sp³-hybridized carbons (Fsp3) is 0.333. The lowest BCUT2D eigenvalue weighted by atomic mass is 10.4. The van der Waals surface area contributed by atoms with Crippen LogP contribution < -0.4 is 10.1 Å². The van der Waals surface area contributed by atoms with Crippen LogP contribution in [0.5, 0.6) is 5.88 Å². The summed E-state index contributed by atoms with van der Waals surface area (Å²) in [7, 11) is 0. The summed E-state index contributed by atoms with van der Waals surface area (Å²) in [4.78, 5) is 18.2. The summed E-state index contributed by atoms with van der Waals surface area (Å²) < 4.78 is 10.4. The van der Waals surface area contributed by atoms with E-state index in [1.165, 1.54) is 6.26 Å². The highest BCUT2D eigenvalue weighted by molar-refractivity contribution is 5.43. The summed E-state index contributed by atoms with van der Waals surface area (Å²) in [5.74, 6) is 0.771. The molecule has 2 aromatic heterocycles. The number of rotatable bonds is 7. The fourth-order valence-electron chi connectivity index (χ4n) is 1.45. The Kier molecular flexibility index (Phi) is 4.48. The van der Waals surface area contributed by atoms with Crippen LogP contribution in [0.25, 0.3) is 0 Å². The van der Waals surface area contributed by atoms with Crippen LogP contribution in [-0.4, -0.2) is 21.4 Å². The Hall–Kier alpha value is -2.64. The van der Waals surface area contributed by atoms with Gasteiger partial charge in [0.1, 0.15) is 18.6 Å². The van der Waals surface area contributed by atoms with E-state index in [4.69, 9.17) is 9.15 Å². The Labute approximate surface area is 114 Å². The average molecular weight is 278 g/mol. The first-order chi connectivity index (χ1) is 9.70. The molecule has 0 aliphatic carbocycles. The predicted octanol–water partition coefficient (Wildman–Crippen LogP) is 2.38. The number of nitrogens with zero attached hydrogens (tertiary/aromatic N) is 3. The van der Waals surface area contributed by atoms with Crippen molar-refractivity contribution < 1.29 is 14.1 Å². The predicted molar refractivity (Wildman–Crippen MR) is 70.5 cm³/mol. The molecule has 0 fully saturated rings. The van der Waals surface area contributed by atoms with Gasteiger partial charge in [0.15, 0.2) is 0 Å². The first kappa shape index (κ1) is 13.8. The first-order valence-corrected chi connectivity index (χ1v) is 6.11. The van der Waals surface area contributed by atoms with E-state index in [1.54, 1.807) is 12.1 Å². The van der Waals surface area contributed by atoms with Gasteiger partial charge in [0.25, 0.3) is 5.88 Å². The number of furan rings is 1. The van der Waals surface area contributed by atoms with Crippen molar-refractivity contribution in [1.29, 1.82) is 0 Å². The van der Waals surface area contributed by atoms with E-state index in [-0.39, 0.29) is 18.2 Å². The van der Waals surface area contributed by atoms with Crippen LogP contribution in [0.15, 0.2) is 29.0 Å². The molecular formula is C12H14N4O4. The van der Waals surface area contributed by atoms with E-state index in [1.807, 2.05) is 6.92 Å². The monoisotopic (exact) mass is 278 g/mol. The van der Waals surface area contributed by atoms with Crippen LogP contribution >= 0.6 is 0 Å². The van der Waals surface area contributed by atoms with Gasteiger partial charge in [0.2, 0.25) is 5.95 Å². The van der Waals surface area contributed by atoms with Gasteiger partial charge >= 0.3 is 5.69 Å². The van der Waals surface area contributed by atoms with Crippen LogP contribution in [0.3, 0.4) is 0 Å².